The summed E-state index contributed by atoms with van der Waals surface area (Å²) < 4.78 is 1.72. The van der Waals surface area contributed by atoms with Crippen molar-refractivity contribution in [1.82, 2.24) is 14.9 Å². The Labute approximate surface area is 196 Å². The number of thiophene rings is 1. The van der Waals surface area contributed by atoms with Crippen molar-refractivity contribution >= 4 is 39.2 Å². The zero-order valence-corrected chi connectivity index (χ0v) is 20.3. The Balaban J connectivity index is 1.57. The van der Waals surface area contributed by atoms with Gasteiger partial charge in [-0.15, -0.1) is 11.3 Å². The van der Waals surface area contributed by atoms with E-state index in [0.29, 0.717) is 5.16 Å². The maximum atomic E-state index is 13.8. The molecule has 1 aromatic carbocycles. The van der Waals surface area contributed by atoms with Crippen molar-refractivity contribution in [3.8, 4) is 5.69 Å². The lowest BCUT2D eigenvalue weighted by molar-refractivity contribution is -0.120. The second-order valence-corrected chi connectivity index (χ2v) is 11.4. The molecule has 2 aliphatic rings. The Bertz CT molecular complexity index is 1210. The summed E-state index contributed by atoms with van der Waals surface area (Å²) >= 11 is 3.04. The number of nitrogens with one attached hydrogen (secondary N) is 1. The van der Waals surface area contributed by atoms with E-state index in [1.807, 2.05) is 38.1 Å². The van der Waals surface area contributed by atoms with Gasteiger partial charge in [0.15, 0.2) is 5.16 Å². The average molecular weight is 468 g/mol. The molecular weight excluding hydrogens is 438 g/mol. The first-order valence-electron chi connectivity index (χ1n) is 11.6. The van der Waals surface area contributed by atoms with Crippen LogP contribution in [0.4, 0.5) is 0 Å². The van der Waals surface area contributed by atoms with Crippen molar-refractivity contribution < 1.29 is 4.79 Å². The summed E-state index contributed by atoms with van der Waals surface area (Å²) in [7, 11) is 0. The normalized spacial score (nSPS) is 17.4. The van der Waals surface area contributed by atoms with Gasteiger partial charge in [-0.3, -0.25) is 14.2 Å². The Kier molecular flexibility index (Phi) is 6.12. The van der Waals surface area contributed by atoms with Gasteiger partial charge in [-0.2, -0.15) is 0 Å². The molecule has 1 fully saturated rings. The molecule has 2 aromatic heterocycles. The van der Waals surface area contributed by atoms with E-state index in [9.17, 15) is 9.59 Å². The van der Waals surface area contributed by atoms with Gasteiger partial charge in [0.1, 0.15) is 4.83 Å². The summed E-state index contributed by atoms with van der Waals surface area (Å²) in [6.07, 6.45) is 8.76. The first kappa shape index (κ1) is 21.7. The number of hydrogen-bond donors (Lipinski definition) is 1. The van der Waals surface area contributed by atoms with Crippen LogP contribution in [0, 0.1) is 6.92 Å². The van der Waals surface area contributed by atoms with E-state index in [-0.39, 0.29) is 22.8 Å². The number of benzene rings is 1. The van der Waals surface area contributed by atoms with Gasteiger partial charge in [0, 0.05) is 10.9 Å². The van der Waals surface area contributed by atoms with Crippen LogP contribution < -0.4 is 10.9 Å². The molecule has 1 unspecified atom stereocenters. The Morgan fingerprint density at radius 3 is 2.62 bits per heavy atom. The first-order chi connectivity index (χ1) is 15.5. The van der Waals surface area contributed by atoms with E-state index in [0.717, 1.165) is 53.6 Å². The molecule has 1 saturated carbocycles. The highest BCUT2D eigenvalue weighted by Gasteiger charge is 2.26. The summed E-state index contributed by atoms with van der Waals surface area (Å²) in [6, 6.07) is 8.25. The fraction of sp³-hybridized carbons (Fsp3) is 0.480. The summed E-state index contributed by atoms with van der Waals surface area (Å²) in [4.78, 5) is 33.8. The van der Waals surface area contributed by atoms with Crippen molar-refractivity contribution in [3.63, 3.8) is 0 Å². The Hall–Kier alpha value is -2.12. The monoisotopic (exact) mass is 467 g/mol. The van der Waals surface area contributed by atoms with Gasteiger partial charge in [0.05, 0.1) is 16.3 Å². The van der Waals surface area contributed by atoms with E-state index >= 15 is 0 Å². The third kappa shape index (κ3) is 4.13. The molecule has 1 atom stereocenters. The summed E-state index contributed by atoms with van der Waals surface area (Å²) in [6.45, 7) is 3.94. The molecule has 0 saturated heterocycles. The topological polar surface area (TPSA) is 64.0 Å². The van der Waals surface area contributed by atoms with Crippen LogP contribution in [-0.4, -0.2) is 26.8 Å². The van der Waals surface area contributed by atoms with Gasteiger partial charge in [-0.25, -0.2) is 4.98 Å². The molecule has 0 aliphatic heterocycles. The van der Waals surface area contributed by atoms with Crippen LogP contribution >= 0.6 is 23.1 Å². The van der Waals surface area contributed by atoms with Crippen LogP contribution in [0.2, 0.25) is 0 Å². The molecule has 1 amide bonds. The average Bonchev–Trinajstić information content (AvgIpc) is 3.42. The predicted octanol–water partition coefficient (Wildman–Crippen LogP) is 5.17. The first-order valence-corrected chi connectivity index (χ1v) is 13.3. The van der Waals surface area contributed by atoms with Crippen molar-refractivity contribution in [3.05, 3.63) is 50.6 Å². The number of hydrogen-bond acceptors (Lipinski definition) is 5. The van der Waals surface area contributed by atoms with Crippen molar-refractivity contribution in [2.24, 2.45) is 0 Å². The van der Waals surface area contributed by atoms with E-state index in [4.69, 9.17) is 4.98 Å². The van der Waals surface area contributed by atoms with Crippen LogP contribution in [0.3, 0.4) is 0 Å². The van der Waals surface area contributed by atoms with Gasteiger partial charge in [0.25, 0.3) is 5.56 Å². The summed E-state index contributed by atoms with van der Waals surface area (Å²) in [5.74, 6) is 0.0252. The van der Waals surface area contributed by atoms with Crippen molar-refractivity contribution in [1.29, 1.82) is 0 Å². The van der Waals surface area contributed by atoms with Crippen LogP contribution in [0.25, 0.3) is 15.9 Å². The molecule has 5 nitrogen and oxygen atoms in total. The van der Waals surface area contributed by atoms with Crippen LogP contribution in [0.15, 0.2) is 34.2 Å². The van der Waals surface area contributed by atoms with Gasteiger partial charge in [-0.05, 0) is 70.1 Å². The van der Waals surface area contributed by atoms with Crippen LogP contribution in [0.1, 0.15) is 61.5 Å². The zero-order chi connectivity index (χ0) is 22.2. The predicted molar refractivity (Wildman–Crippen MR) is 132 cm³/mol. The third-order valence-electron chi connectivity index (χ3n) is 6.60. The van der Waals surface area contributed by atoms with E-state index in [1.165, 1.54) is 41.5 Å². The fourth-order valence-corrected chi connectivity index (χ4v) is 7.03. The molecule has 3 aromatic rings. The lowest BCUT2D eigenvalue weighted by atomic mass is 9.97. The van der Waals surface area contributed by atoms with Gasteiger partial charge in [-0.1, -0.05) is 42.3 Å². The van der Waals surface area contributed by atoms with E-state index in [1.54, 1.807) is 15.9 Å². The number of thioether (sulfide) groups is 1. The minimum atomic E-state index is -0.328. The highest BCUT2D eigenvalue weighted by atomic mass is 32.2. The van der Waals surface area contributed by atoms with Gasteiger partial charge < -0.3 is 5.32 Å². The third-order valence-corrected chi connectivity index (χ3v) is 8.84. The van der Waals surface area contributed by atoms with E-state index < -0.39 is 0 Å². The Morgan fingerprint density at radius 2 is 1.88 bits per heavy atom. The molecule has 32 heavy (non-hydrogen) atoms. The number of carbonyl (C=O) groups excluding carboxylic acids is 1. The molecule has 0 spiro atoms. The minimum absolute atomic E-state index is 0.0100. The number of amides is 1. The minimum Gasteiger partial charge on any atom is -0.352 e. The van der Waals surface area contributed by atoms with Crippen LogP contribution in [-0.2, 0) is 17.6 Å². The Morgan fingerprint density at radius 1 is 1.16 bits per heavy atom. The summed E-state index contributed by atoms with van der Waals surface area (Å²) in [5, 5.41) is 4.23. The number of rotatable bonds is 5. The van der Waals surface area contributed by atoms with Crippen LogP contribution in [0.5, 0.6) is 0 Å². The summed E-state index contributed by atoms with van der Waals surface area (Å²) in [5.41, 5.74) is 3.13. The molecule has 1 N–H and O–H groups in total. The molecule has 7 heteroatoms. The zero-order valence-electron chi connectivity index (χ0n) is 18.6. The molecule has 2 aliphatic carbocycles. The highest BCUT2D eigenvalue weighted by Crippen LogP contribution is 2.36. The molecule has 0 radical (unpaired) electrons. The molecule has 0 bridgehead atoms. The number of aromatic nitrogens is 2. The number of carbonyl (C=O) groups is 1. The maximum absolute atomic E-state index is 13.8. The lowest BCUT2D eigenvalue weighted by Crippen LogP contribution is -2.38. The molecule has 5 rings (SSSR count). The second-order valence-electron chi connectivity index (χ2n) is 9.01. The quantitative estimate of drug-likeness (QED) is 0.415. The smallest absolute Gasteiger partial charge is 0.267 e. The standard InChI is InChI=1S/C25H29N3O2S2/c1-15-11-13-18(14-12-15)28-24(30)21-19-9-5-6-10-20(19)32-23(21)27-25(28)31-16(2)22(29)26-17-7-3-4-8-17/h11-14,16-17H,3-10H2,1-2H3,(H,26,29). The molecular formula is C25H29N3O2S2. The van der Waals surface area contributed by atoms with Crippen molar-refractivity contribution in [2.45, 2.75) is 81.7 Å². The lowest BCUT2D eigenvalue weighted by Gasteiger charge is -2.18. The number of aryl methyl sites for hydroxylation is 3. The number of nitrogens with zero attached hydrogens (tertiary/aromatic N) is 2. The van der Waals surface area contributed by atoms with Gasteiger partial charge >= 0.3 is 0 Å². The van der Waals surface area contributed by atoms with E-state index in [2.05, 4.69) is 5.32 Å². The number of fused-ring (bicyclic) bond motifs is 3. The second kappa shape index (κ2) is 9.02. The van der Waals surface area contributed by atoms with Crippen molar-refractivity contribution in [2.75, 3.05) is 0 Å². The maximum Gasteiger partial charge on any atom is 0.267 e. The largest absolute Gasteiger partial charge is 0.352 e. The van der Waals surface area contributed by atoms with Gasteiger partial charge in [0.2, 0.25) is 5.91 Å². The highest BCUT2D eigenvalue weighted by molar-refractivity contribution is 8.00. The molecule has 2 heterocycles. The fourth-order valence-electron chi connectivity index (χ4n) is 4.79. The SMILES string of the molecule is Cc1ccc(-n2c(SC(C)C(=O)NC3CCCC3)nc3sc4c(c3c2=O)CCCC4)cc1. The molecule has 168 valence electrons.